The summed E-state index contributed by atoms with van der Waals surface area (Å²) in [4.78, 5) is 22.9. The van der Waals surface area contributed by atoms with Gasteiger partial charge >= 0.3 is 0 Å². The Labute approximate surface area is 180 Å². The van der Waals surface area contributed by atoms with Crippen LogP contribution in [0.2, 0.25) is 0 Å². The molecule has 3 heterocycles. The molecule has 0 amide bonds. The van der Waals surface area contributed by atoms with Crippen LogP contribution in [0.3, 0.4) is 0 Å². The Morgan fingerprint density at radius 2 is 1.74 bits per heavy atom. The van der Waals surface area contributed by atoms with Crippen molar-refractivity contribution >= 4 is 22.4 Å². The molecule has 2 bridgehead atoms. The van der Waals surface area contributed by atoms with E-state index in [-0.39, 0.29) is 41.5 Å². The fourth-order valence-corrected chi connectivity index (χ4v) is 6.12. The van der Waals surface area contributed by atoms with E-state index in [0.717, 1.165) is 45.4 Å². The molecule has 1 aliphatic carbocycles. The van der Waals surface area contributed by atoms with Gasteiger partial charge in [-0.2, -0.15) is 0 Å². The number of rotatable bonds is 2. The molecule has 2 saturated heterocycles. The minimum Gasteiger partial charge on any atom is -0.511 e. The topological polar surface area (TPSA) is 72.3 Å². The fourth-order valence-electron chi connectivity index (χ4n) is 6.12. The number of carbonyl (C=O) groups is 1. The van der Waals surface area contributed by atoms with Crippen LogP contribution in [0.25, 0.3) is 16.6 Å². The highest BCUT2D eigenvalue weighted by atomic mass is 16.5. The lowest BCUT2D eigenvalue weighted by molar-refractivity contribution is -0.118. The first-order chi connectivity index (χ1) is 14.9. The highest BCUT2D eigenvalue weighted by Gasteiger charge is 2.63. The number of fused-ring (bicyclic) bond motifs is 6. The van der Waals surface area contributed by atoms with E-state index in [1.54, 1.807) is 0 Å². The fraction of sp³-hybridized carbons (Fsp3) is 0.346. The summed E-state index contributed by atoms with van der Waals surface area (Å²) in [5, 5.41) is 11.3. The lowest BCUT2D eigenvalue weighted by Crippen LogP contribution is -2.33. The number of hydrogen-bond acceptors (Lipinski definition) is 5. The van der Waals surface area contributed by atoms with Gasteiger partial charge in [-0.15, -0.1) is 0 Å². The summed E-state index contributed by atoms with van der Waals surface area (Å²) in [5.74, 6) is -0.369. The minimum atomic E-state index is -0.306. The van der Waals surface area contributed by atoms with Crippen molar-refractivity contribution in [2.24, 2.45) is 11.8 Å². The van der Waals surface area contributed by atoms with Gasteiger partial charge in [-0.05, 0) is 56.0 Å². The lowest BCUT2D eigenvalue weighted by Gasteiger charge is -2.27. The molecule has 31 heavy (non-hydrogen) atoms. The highest BCUT2D eigenvalue weighted by Crippen LogP contribution is 2.58. The number of aromatic nitrogens is 2. The molecular formula is C26H24N2O3. The molecule has 5 atom stereocenters. The molecule has 6 rings (SSSR count). The Bertz CT molecular complexity index is 1270. The van der Waals surface area contributed by atoms with Gasteiger partial charge in [-0.25, -0.2) is 4.98 Å². The predicted molar refractivity (Wildman–Crippen MR) is 118 cm³/mol. The molecule has 3 aromatic rings. The average molecular weight is 412 g/mol. The smallest absolute Gasteiger partial charge is 0.173 e. The standard InChI is InChI=1S/C26H24N2O3/c1-12-8-13(2)20(14(3)9-12)22-24(29)21-19-10-15(26(31-19)23(21)25(22)30)18-11-27-16-6-4-5-7-17(16)28-18/h4-9,11,15,19,21,23,26,30H,10H2,1-3H3/t15?,19?,21-,23+,26?/m0/s1. The zero-order valence-corrected chi connectivity index (χ0v) is 17.8. The Hall–Kier alpha value is -3.05. The third-order valence-corrected chi connectivity index (χ3v) is 7.25. The molecule has 5 nitrogen and oxygen atoms in total. The molecule has 2 aromatic carbocycles. The molecule has 1 N–H and O–H groups in total. The van der Waals surface area contributed by atoms with Gasteiger partial charge in [0.15, 0.2) is 5.78 Å². The molecule has 2 fully saturated rings. The van der Waals surface area contributed by atoms with Gasteiger partial charge < -0.3 is 9.84 Å². The molecule has 0 saturated carbocycles. The lowest BCUT2D eigenvalue weighted by atomic mass is 9.73. The second-order valence-corrected chi connectivity index (χ2v) is 9.21. The molecule has 1 aromatic heterocycles. The van der Waals surface area contributed by atoms with Crippen molar-refractivity contribution < 1.29 is 14.6 Å². The number of allylic oxidation sites excluding steroid dienone is 1. The SMILES string of the molecule is Cc1cc(C)c(C2=C(O)[C@@H]3C4OC(CC4c4cnc5ccccc5n4)[C@@H]3C2=O)c(C)c1. The zero-order valence-electron chi connectivity index (χ0n) is 17.8. The largest absolute Gasteiger partial charge is 0.511 e. The van der Waals surface area contributed by atoms with E-state index in [2.05, 4.69) is 17.1 Å². The van der Waals surface area contributed by atoms with Crippen LogP contribution in [0, 0.1) is 32.6 Å². The van der Waals surface area contributed by atoms with Gasteiger partial charge in [0, 0.05) is 12.1 Å². The van der Waals surface area contributed by atoms with E-state index < -0.39 is 0 Å². The van der Waals surface area contributed by atoms with Crippen LogP contribution < -0.4 is 0 Å². The quantitative estimate of drug-likeness (QED) is 0.666. The van der Waals surface area contributed by atoms with Gasteiger partial charge in [0.05, 0.1) is 46.3 Å². The maximum atomic E-state index is 13.5. The molecule has 0 spiro atoms. The third-order valence-electron chi connectivity index (χ3n) is 7.25. The Morgan fingerprint density at radius 1 is 1.03 bits per heavy atom. The predicted octanol–water partition coefficient (Wildman–Crippen LogP) is 4.59. The van der Waals surface area contributed by atoms with Crippen LogP contribution in [0.5, 0.6) is 0 Å². The first-order valence-corrected chi connectivity index (χ1v) is 10.9. The van der Waals surface area contributed by atoms with Crippen LogP contribution >= 0.6 is 0 Å². The van der Waals surface area contributed by atoms with Crippen molar-refractivity contribution in [1.82, 2.24) is 9.97 Å². The Balaban J connectivity index is 1.42. The number of Topliss-reactive ketones (excluding diaryl/α,β-unsaturated/α-hetero) is 1. The van der Waals surface area contributed by atoms with Crippen molar-refractivity contribution in [1.29, 1.82) is 0 Å². The molecule has 2 aliphatic heterocycles. The number of aryl methyl sites for hydroxylation is 3. The van der Waals surface area contributed by atoms with E-state index in [0.29, 0.717) is 5.57 Å². The normalized spacial score (nSPS) is 29.3. The van der Waals surface area contributed by atoms with Gasteiger partial charge in [0.1, 0.15) is 5.76 Å². The monoisotopic (exact) mass is 412 g/mol. The van der Waals surface area contributed by atoms with Crippen molar-refractivity contribution in [3.8, 4) is 0 Å². The zero-order chi connectivity index (χ0) is 21.4. The molecule has 5 heteroatoms. The van der Waals surface area contributed by atoms with Crippen molar-refractivity contribution in [3.05, 3.63) is 76.3 Å². The molecule has 156 valence electrons. The molecule has 0 radical (unpaired) electrons. The number of aliphatic hydroxyl groups is 1. The first-order valence-electron chi connectivity index (χ1n) is 10.9. The Morgan fingerprint density at radius 3 is 2.48 bits per heavy atom. The van der Waals surface area contributed by atoms with E-state index in [4.69, 9.17) is 9.72 Å². The van der Waals surface area contributed by atoms with E-state index >= 15 is 0 Å². The number of para-hydroxylation sites is 2. The number of carbonyl (C=O) groups excluding carboxylic acids is 1. The van der Waals surface area contributed by atoms with Crippen molar-refractivity contribution in [3.63, 3.8) is 0 Å². The summed E-state index contributed by atoms with van der Waals surface area (Å²) in [6, 6.07) is 12.0. The Kier molecular flexibility index (Phi) is 3.90. The van der Waals surface area contributed by atoms with Gasteiger partial charge in [0.2, 0.25) is 0 Å². The van der Waals surface area contributed by atoms with Gasteiger partial charge in [-0.1, -0.05) is 29.8 Å². The minimum absolute atomic E-state index is 0.0214. The van der Waals surface area contributed by atoms with E-state index in [1.165, 1.54) is 0 Å². The molecule has 3 unspecified atom stereocenters. The van der Waals surface area contributed by atoms with Crippen LogP contribution in [0.1, 0.15) is 40.3 Å². The summed E-state index contributed by atoms with van der Waals surface area (Å²) < 4.78 is 6.24. The van der Waals surface area contributed by atoms with Crippen LogP contribution in [-0.2, 0) is 9.53 Å². The number of hydrogen-bond donors (Lipinski definition) is 1. The van der Waals surface area contributed by atoms with Gasteiger partial charge in [-0.3, -0.25) is 9.78 Å². The van der Waals surface area contributed by atoms with Crippen LogP contribution in [-0.4, -0.2) is 33.1 Å². The summed E-state index contributed by atoms with van der Waals surface area (Å²) >= 11 is 0. The first kappa shape index (κ1) is 18.7. The van der Waals surface area contributed by atoms with E-state index in [1.807, 2.05) is 51.2 Å². The number of aliphatic hydroxyl groups excluding tert-OH is 1. The average Bonchev–Trinajstić information content (AvgIpc) is 3.40. The van der Waals surface area contributed by atoms with Gasteiger partial charge in [0.25, 0.3) is 0 Å². The molecular weight excluding hydrogens is 388 g/mol. The summed E-state index contributed by atoms with van der Waals surface area (Å²) in [7, 11) is 0. The van der Waals surface area contributed by atoms with Crippen LogP contribution in [0.4, 0.5) is 0 Å². The molecule has 3 aliphatic rings. The van der Waals surface area contributed by atoms with E-state index in [9.17, 15) is 9.90 Å². The second kappa shape index (κ2) is 6.47. The van der Waals surface area contributed by atoms with Crippen molar-refractivity contribution in [2.75, 3.05) is 0 Å². The second-order valence-electron chi connectivity index (χ2n) is 9.21. The summed E-state index contributed by atoms with van der Waals surface area (Å²) in [6.45, 7) is 6.07. The maximum Gasteiger partial charge on any atom is 0.173 e. The van der Waals surface area contributed by atoms with Crippen molar-refractivity contribution in [2.45, 2.75) is 45.3 Å². The maximum absolute atomic E-state index is 13.5. The summed E-state index contributed by atoms with van der Waals surface area (Å²) in [5.41, 5.74) is 7.17. The number of ether oxygens (including phenoxy) is 1. The summed E-state index contributed by atoms with van der Waals surface area (Å²) in [6.07, 6.45) is 2.11. The third kappa shape index (κ3) is 2.56. The number of nitrogens with zero attached hydrogens (tertiary/aromatic N) is 2. The number of benzene rings is 2. The van der Waals surface area contributed by atoms with Crippen LogP contribution in [0.15, 0.2) is 48.4 Å². The number of ketones is 1. The highest BCUT2D eigenvalue weighted by molar-refractivity contribution is 6.26.